The summed E-state index contributed by atoms with van der Waals surface area (Å²) in [6.45, 7) is 8.52. The third-order valence-electron chi connectivity index (χ3n) is 6.44. The fourth-order valence-electron chi connectivity index (χ4n) is 4.66. The van der Waals surface area contributed by atoms with Crippen LogP contribution in [0.3, 0.4) is 0 Å². The van der Waals surface area contributed by atoms with E-state index in [0.29, 0.717) is 17.5 Å². The first kappa shape index (κ1) is 22.3. The molecule has 5 heteroatoms. The number of likely N-dealkylation sites (tertiary alicyclic amines) is 1. The summed E-state index contributed by atoms with van der Waals surface area (Å²) in [5, 5.41) is 3.55. The number of fused-ring (bicyclic) bond motifs is 1. The van der Waals surface area contributed by atoms with Gasteiger partial charge in [0, 0.05) is 12.6 Å². The van der Waals surface area contributed by atoms with E-state index in [1.165, 1.54) is 36.5 Å². The van der Waals surface area contributed by atoms with E-state index in [1.807, 2.05) is 26.0 Å². The standard InChI is InChI=1S/C27H32N2O3/c1-4-20-8-10-21(11-9-20)23(29-12-6-5-7-13-29)17-28-27(31)25-16-24(30)22-15-18(2)14-19(3)26(22)32-25/h8-11,14-16,23H,4-7,12-13,17H2,1-3H3,(H,28,31). The minimum absolute atomic E-state index is 0.0631. The molecule has 1 aliphatic rings. The lowest BCUT2D eigenvalue weighted by Crippen LogP contribution is -2.40. The van der Waals surface area contributed by atoms with E-state index < -0.39 is 0 Å². The van der Waals surface area contributed by atoms with Crippen molar-refractivity contribution in [2.45, 2.75) is 52.5 Å². The fraction of sp³-hybridized carbons (Fsp3) is 0.407. The second-order valence-electron chi connectivity index (χ2n) is 8.85. The van der Waals surface area contributed by atoms with Crippen molar-refractivity contribution in [1.82, 2.24) is 10.2 Å². The van der Waals surface area contributed by atoms with Crippen LogP contribution in [-0.4, -0.2) is 30.4 Å². The molecule has 1 amide bonds. The predicted octanol–water partition coefficient (Wildman–Crippen LogP) is 4.93. The van der Waals surface area contributed by atoms with Crippen LogP contribution in [0.5, 0.6) is 0 Å². The van der Waals surface area contributed by atoms with Gasteiger partial charge in [-0.1, -0.05) is 43.7 Å². The van der Waals surface area contributed by atoms with Crippen LogP contribution in [0.2, 0.25) is 0 Å². The molecule has 1 N–H and O–H groups in total. The average Bonchev–Trinajstić information content (AvgIpc) is 2.80. The molecule has 0 bridgehead atoms. The summed E-state index contributed by atoms with van der Waals surface area (Å²) in [4.78, 5) is 28.1. The first-order valence-electron chi connectivity index (χ1n) is 11.6. The molecule has 1 unspecified atom stereocenters. The number of carbonyl (C=O) groups is 1. The molecule has 0 spiro atoms. The molecule has 1 aromatic heterocycles. The number of hydrogen-bond acceptors (Lipinski definition) is 4. The van der Waals surface area contributed by atoms with Crippen molar-refractivity contribution in [3.05, 3.63) is 80.7 Å². The van der Waals surface area contributed by atoms with Crippen molar-refractivity contribution in [3.63, 3.8) is 0 Å². The van der Waals surface area contributed by atoms with E-state index in [4.69, 9.17) is 4.42 Å². The van der Waals surface area contributed by atoms with E-state index in [0.717, 1.165) is 30.6 Å². The molecule has 4 rings (SSSR count). The van der Waals surface area contributed by atoms with Crippen LogP contribution in [0.4, 0.5) is 0 Å². The first-order chi connectivity index (χ1) is 15.5. The highest BCUT2D eigenvalue weighted by molar-refractivity contribution is 5.93. The van der Waals surface area contributed by atoms with Crippen molar-refractivity contribution in [1.29, 1.82) is 0 Å². The van der Waals surface area contributed by atoms with Crippen LogP contribution in [0.1, 0.15) is 65.0 Å². The fourth-order valence-corrected chi connectivity index (χ4v) is 4.66. The Morgan fingerprint density at radius 2 is 1.78 bits per heavy atom. The molecule has 1 aliphatic heterocycles. The van der Waals surface area contributed by atoms with E-state index in [2.05, 4.69) is 41.4 Å². The summed E-state index contributed by atoms with van der Waals surface area (Å²) in [6.07, 6.45) is 4.61. The number of carbonyl (C=O) groups excluding carboxylic acids is 1. The van der Waals surface area contributed by atoms with E-state index in [-0.39, 0.29) is 23.1 Å². The average molecular weight is 433 g/mol. The number of hydrogen-bond donors (Lipinski definition) is 1. The van der Waals surface area contributed by atoms with Gasteiger partial charge in [-0.3, -0.25) is 14.5 Å². The number of piperidine rings is 1. The minimum Gasteiger partial charge on any atom is -0.450 e. The molecule has 0 radical (unpaired) electrons. The van der Waals surface area contributed by atoms with Gasteiger partial charge in [0.05, 0.1) is 11.4 Å². The lowest BCUT2D eigenvalue weighted by Gasteiger charge is -2.35. The lowest BCUT2D eigenvalue weighted by atomic mass is 9.99. The predicted molar refractivity (Wildman–Crippen MR) is 128 cm³/mol. The van der Waals surface area contributed by atoms with Crippen LogP contribution in [0.25, 0.3) is 11.0 Å². The van der Waals surface area contributed by atoms with Gasteiger partial charge < -0.3 is 9.73 Å². The highest BCUT2D eigenvalue weighted by Gasteiger charge is 2.24. The molecule has 1 atom stereocenters. The van der Waals surface area contributed by atoms with Gasteiger partial charge in [-0.15, -0.1) is 0 Å². The second kappa shape index (κ2) is 9.70. The summed E-state index contributed by atoms with van der Waals surface area (Å²) in [5.74, 6) is -0.288. The van der Waals surface area contributed by atoms with Gasteiger partial charge in [0.2, 0.25) is 0 Å². The highest BCUT2D eigenvalue weighted by atomic mass is 16.3. The highest BCUT2D eigenvalue weighted by Crippen LogP contribution is 2.25. The van der Waals surface area contributed by atoms with E-state index in [9.17, 15) is 9.59 Å². The number of rotatable bonds is 6. The Kier molecular flexibility index (Phi) is 6.75. The summed E-state index contributed by atoms with van der Waals surface area (Å²) in [5.41, 5.74) is 4.66. The number of benzene rings is 2. The maximum Gasteiger partial charge on any atom is 0.287 e. The van der Waals surface area contributed by atoms with Gasteiger partial charge in [0.25, 0.3) is 5.91 Å². The molecular weight excluding hydrogens is 400 g/mol. The van der Waals surface area contributed by atoms with Crippen molar-refractivity contribution in [2.24, 2.45) is 0 Å². The normalized spacial score (nSPS) is 15.6. The number of aryl methyl sites for hydroxylation is 3. The molecule has 0 aliphatic carbocycles. The molecule has 0 saturated carbocycles. The number of amides is 1. The molecule has 1 saturated heterocycles. The van der Waals surface area contributed by atoms with Crippen molar-refractivity contribution in [2.75, 3.05) is 19.6 Å². The summed E-state index contributed by atoms with van der Waals surface area (Å²) in [6, 6.07) is 13.9. The quantitative estimate of drug-likeness (QED) is 0.600. The molecule has 3 aromatic rings. The molecule has 5 nitrogen and oxygen atoms in total. The number of nitrogens with one attached hydrogen (secondary N) is 1. The Bertz CT molecular complexity index is 1160. The second-order valence-corrected chi connectivity index (χ2v) is 8.85. The zero-order chi connectivity index (χ0) is 22.7. The minimum atomic E-state index is -0.351. The Labute approximate surface area is 189 Å². The maximum atomic E-state index is 13.0. The van der Waals surface area contributed by atoms with E-state index >= 15 is 0 Å². The summed E-state index contributed by atoms with van der Waals surface area (Å²) in [7, 11) is 0. The first-order valence-corrected chi connectivity index (χ1v) is 11.6. The Morgan fingerprint density at radius 3 is 2.47 bits per heavy atom. The monoisotopic (exact) mass is 432 g/mol. The third kappa shape index (κ3) is 4.78. The topological polar surface area (TPSA) is 62.6 Å². The van der Waals surface area contributed by atoms with Crippen molar-refractivity contribution in [3.8, 4) is 0 Å². The SMILES string of the molecule is CCc1ccc(C(CNC(=O)c2cc(=O)c3cc(C)cc(C)c3o2)N2CCCCC2)cc1. The van der Waals surface area contributed by atoms with Gasteiger partial charge in [-0.2, -0.15) is 0 Å². The Morgan fingerprint density at radius 1 is 1.06 bits per heavy atom. The van der Waals surface area contributed by atoms with E-state index in [1.54, 1.807) is 0 Å². The molecule has 1 fully saturated rings. The van der Waals surface area contributed by atoms with Crippen LogP contribution < -0.4 is 10.7 Å². The maximum absolute atomic E-state index is 13.0. The Balaban J connectivity index is 1.57. The zero-order valence-electron chi connectivity index (χ0n) is 19.2. The third-order valence-corrected chi connectivity index (χ3v) is 6.44. The van der Waals surface area contributed by atoms with Crippen molar-refractivity contribution >= 4 is 16.9 Å². The van der Waals surface area contributed by atoms with Crippen LogP contribution in [-0.2, 0) is 6.42 Å². The van der Waals surface area contributed by atoms with Crippen LogP contribution in [0.15, 0.2) is 51.7 Å². The number of nitrogens with zero attached hydrogens (tertiary/aromatic N) is 1. The summed E-state index contributed by atoms with van der Waals surface area (Å²) >= 11 is 0. The largest absolute Gasteiger partial charge is 0.450 e. The van der Waals surface area contributed by atoms with Gasteiger partial charge >= 0.3 is 0 Å². The molecule has 32 heavy (non-hydrogen) atoms. The van der Waals surface area contributed by atoms with Crippen LogP contribution in [0, 0.1) is 13.8 Å². The molecule has 2 heterocycles. The van der Waals surface area contributed by atoms with Gasteiger partial charge in [0.15, 0.2) is 11.2 Å². The smallest absolute Gasteiger partial charge is 0.287 e. The summed E-state index contributed by atoms with van der Waals surface area (Å²) < 4.78 is 5.88. The lowest BCUT2D eigenvalue weighted by molar-refractivity contribution is 0.0897. The zero-order valence-corrected chi connectivity index (χ0v) is 19.2. The van der Waals surface area contributed by atoms with Crippen molar-refractivity contribution < 1.29 is 9.21 Å². The van der Waals surface area contributed by atoms with Gasteiger partial charge in [0.1, 0.15) is 5.58 Å². The molecular formula is C27H32N2O3. The molecule has 2 aromatic carbocycles. The Hall–Kier alpha value is -2.92. The molecule has 168 valence electrons. The van der Waals surface area contributed by atoms with Crippen LogP contribution >= 0.6 is 0 Å². The van der Waals surface area contributed by atoms with Gasteiger partial charge in [-0.05, 0) is 74.5 Å². The van der Waals surface area contributed by atoms with Gasteiger partial charge in [-0.25, -0.2) is 0 Å².